The Kier molecular flexibility index (Phi) is 7.26. The van der Waals surface area contributed by atoms with Crippen LogP contribution in [0, 0.1) is 5.92 Å². The van der Waals surface area contributed by atoms with Gasteiger partial charge in [0, 0.05) is 25.1 Å². The zero-order chi connectivity index (χ0) is 17.9. The molecule has 1 amide bonds. The summed E-state index contributed by atoms with van der Waals surface area (Å²) in [5.74, 6) is 1.02. The normalized spacial score (nSPS) is 23.6. The predicted molar refractivity (Wildman–Crippen MR) is 98.4 cm³/mol. The maximum atomic E-state index is 12.4. The number of aliphatic hydroxyl groups is 1. The number of aliphatic hydroxyl groups excluding tert-OH is 1. The number of amides is 1. The SMILES string of the molecule is COc1ccc(C2CCN(C(=O)OC(C)(C)C)C(C)C2CO)cc1.N. The molecule has 6 nitrogen and oxygen atoms in total. The van der Waals surface area contributed by atoms with Gasteiger partial charge in [0.25, 0.3) is 0 Å². The van der Waals surface area contributed by atoms with E-state index in [0.29, 0.717) is 6.54 Å². The first-order valence-electron chi connectivity index (χ1n) is 8.51. The number of ether oxygens (including phenoxy) is 2. The summed E-state index contributed by atoms with van der Waals surface area (Å²) >= 11 is 0. The van der Waals surface area contributed by atoms with E-state index in [1.807, 2.05) is 52.0 Å². The summed E-state index contributed by atoms with van der Waals surface area (Å²) in [6.45, 7) is 8.25. The van der Waals surface area contributed by atoms with E-state index in [9.17, 15) is 9.90 Å². The third-order valence-electron chi connectivity index (χ3n) is 4.69. The van der Waals surface area contributed by atoms with Crippen LogP contribution in [0.1, 0.15) is 45.6 Å². The largest absolute Gasteiger partial charge is 0.497 e. The minimum absolute atomic E-state index is 0. The van der Waals surface area contributed by atoms with Crippen molar-refractivity contribution in [2.75, 3.05) is 20.3 Å². The fourth-order valence-corrected chi connectivity index (χ4v) is 3.39. The van der Waals surface area contributed by atoms with Gasteiger partial charge in [0.05, 0.1) is 7.11 Å². The van der Waals surface area contributed by atoms with E-state index >= 15 is 0 Å². The van der Waals surface area contributed by atoms with Gasteiger partial charge in [-0.2, -0.15) is 0 Å². The van der Waals surface area contributed by atoms with Crippen LogP contribution in [0.2, 0.25) is 0 Å². The summed E-state index contributed by atoms with van der Waals surface area (Å²) in [5, 5.41) is 9.92. The van der Waals surface area contributed by atoms with Gasteiger partial charge in [-0.05, 0) is 57.7 Å². The first-order valence-corrected chi connectivity index (χ1v) is 8.51. The minimum Gasteiger partial charge on any atom is -0.497 e. The van der Waals surface area contributed by atoms with Crippen molar-refractivity contribution in [1.82, 2.24) is 11.1 Å². The second-order valence-electron chi connectivity index (χ2n) is 7.43. The molecule has 0 bridgehead atoms. The highest BCUT2D eigenvalue weighted by molar-refractivity contribution is 5.68. The van der Waals surface area contributed by atoms with Crippen LogP contribution in [0.15, 0.2) is 24.3 Å². The molecule has 142 valence electrons. The highest BCUT2D eigenvalue weighted by Crippen LogP contribution is 2.37. The summed E-state index contributed by atoms with van der Waals surface area (Å²) in [7, 11) is 1.65. The Labute approximate surface area is 150 Å². The van der Waals surface area contributed by atoms with E-state index in [-0.39, 0.29) is 36.7 Å². The molecule has 1 heterocycles. The number of methoxy groups -OCH3 is 1. The number of carbonyl (C=O) groups excluding carboxylic acids is 1. The highest BCUT2D eigenvalue weighted by Gasteiger charge is 2.39. The van der Waals surface area contributed by atoms with Gasteiger partial charge in [-0.1, -0.05) is 12.1 Å². The lowest BCUT2D eigenvalue weighted by molar-refractivity contribution is -0.00762. The number of likely N-dealkylation sites (tertiary alicyclic amines) is 1. The molecule has 1 aromatic carbocycles. The standard InChI is InChI=1S/C19H29NO4.H3N/c1-13-17(12-21)16(14-6-8-15(23-5)9-7-14)10-11-20(13)18(22)24-19(2,3)4;/h6-9,13,16-17,21H,10-12H2,1-5H3;1H3. The van der Waals surface area contributed by atoms with Crippen molar-refractivity contribution < 1.29 is 19.4 Å². The quantitative estimate of drug-likeness (QED) is 0.867. The fraction of sp³-hybridized carbons (Fsp3) is 0.632. The van der Waals surface area contributed by atoms with Gasteiger partial charge in [-0.3, -0.25) is 0 Å². The van der Waals surface area contributed by atoms with Crippen LogP contribution in [-0.4, -0.2) is 48.0 Å². The molecule has 3 atom stereocenters. The molecule has 1 aromatic rings. The van der Waals surface area contributed by atoms with Crippen LogP contribution in [0.4, 0.5) is 4.79 Å². The smallest absolute Gasteiger partial charge is 0.410 e. The van der Waals surface area contributed by atoms with E-state index in [2.05, 4.69) is 0 Å². The number of hydrogen-bond donors (Lipinski definition) is 2. The monoisotopic (exact) mass is 352 g/mol. The molecule has 0 spiro atoms. The van der Waals surface area contributed by atoms with Crippen LogP contribution in [0.5, 0.6) is 5.75 Å². The molecule has 2 rings (SSSR count). The topological polar surface area (TPSA) is 94.0 Å². The Morgan fingerprint density at radius 3 is 2.36 bits per heavy atom. The third-order valence-corrected chi connectivity index (χ3v) is 4.69. The third kappa shape index (κ3) is 5.09. The maximum Gasteiger partial charge on any atom is 0.410 e. The molecule has 1 fully saturated rings. The molecule has 0 aromatic heterocycles. The van der Waals surface area contributed by atoms with Crippen molar-refractivity contribution in [2.24, 2.45) is 5.92 Å². The number of nitrogens with zero attached hydrogens (tertiary/aromatic N) is 1. The van der Waals surface area contributed by atoms with Crippen molar-refractivity contribution in [2.45, 2.75) is 51.7 Å². The lowest BCUT2D eigenvalue weighted by Crippen LogP contribution is -2.52. The minimum atomic E-state index is -0.516. The van der Waals surface area contributed by atoms with Crippen molar-refractivity contribution >= 4 is 6.09 Å². The molecule has 3 unspecified atom stereocenters. The molecule has 4 N–H and O–H groups in total. The van der Waals surface area contributed by atoms with E-state index in [4.69, 9.17) is 9.47 Å². The summed E-state index contributed by atoms with van der Waals surface area (Å²) < 4.78 is 10.7. The fourth-order valence-electron chi connectivity index (χ4n) is 3.39. The second-order valence-corrected chi connectivity index (χ2v) is 7.43. The van der Waals surface area contributed by atoms with Crippen molar-refractivity contribution in [3.05, 3.63) is 29.8 Å². The van der Waals surface area contributed by atoms with Crippen LogP contribution in [0.25, 0.3) is 0 Å². The first-order chi connectivity index (χ1) is 11.3. The molecular formula is C19H32N2O4. The van der Waals surface area contributed by atoms with Crippen LogP contribution in [0.3, 0.4) is 0 Å². The second kappa shape index (κ2) is 8.54. The molecular weight excluding hydrogens is 320 g/mol. The number of piperidine rings is 1. The summed E-state index contributed by atoms with van der Waals surface area (Å²) in [5.41, 5.74) is 0.656. The van der Waals surface area contributed by atoms with Gasteiger partial charge >= 0.3 is 6.09 Å². The average molecular weight is 352 g/mol. The predicted octanol–water partition coefficient (Wildman–Crippen LogP) is 3.58. The Balaban J connectivity index is 0.00000312. The van der Waals surface area contributed by atoms with E-state index in [1.165, 1.54) is 5.56 Å². The Bertz CT molecular complexity index is 554. The highest BCUT2D eigenvalue weighted by atomic mass is 16.6. The number of carbonyl (C=O) groups is 1. The van der Waals surface area contributed by atoms with Gasteiger partial charge in [0.15, 0.2) is 0 Å². The van der Waals surface area contributed by atoms with Crippen molar-refractivity contribution in [3.8, 4) is 5.75 Å². The lowest BCUT2D eigenvalue weighted by atomic mass is 9.77. The summed E-state index contributed by atoms with van der Waals surface area (Å²) in [6.07, 6.45) is 0.503. The Hall–Kier alpha value is -1.79. The Morgan fingerprint density at radius 1 is 1.28 bits per heavy atom. The molecule has 25 heavy (non-hydrogen) atoms. The van der Waals surface area contributed by atoms with E-state index in [0.717, 1.165) is 12.2 Å². The number of benzene rings is 1. The molecule has 6 heteroatoms. The van der Waals surface area contributed by atoms with Crippen molar-refractivity contribution in [1.29, 1.82) is 0 Å². The first kappa shape index (κ1) is 21.3. The van der Waals surface area contributed by atoms with E-state index < -0.39 is 5.60 Å². The lowest BCUT2D eigenvalue weighted by Gasteiger charge is -2.43. The van der Waals surface area contributed by atoms with Crippen LogP contribution in [-0.2, 0) is 4.74 Å². The maximum absolute atomic E-state index is 12.4. The van der Waals surface area contributed by atoms with Gasteiger partial charge in [-0.15, -0.1) is 0 Å². The number of hydrogen-bond acceptors (Lipinski definition) is 5. The summed E-state index contributed by atoms with van der Waals surface area (Å²) in [4.78, 5) is 14.2. The van der Waals surface area contributed by atoms with Gasteiger partial charge < -0.3 is 25.6 Å². The zero-order valence-electron chi connectivity index (χ0n) is 16.0. The molecule has 0 radical (unpaired) electrons. The zero-order valence-corrected chi connectivity index (χ0v) is 16.0. The summed E-state index contributed by atoms with van der Waals surface area (Å²) in [6, 6.07) is 7.89. The molecule has 1 saturated heterocycles. The molecule has 0 aliphatic carbocycles. The van der Waals surface area contributed by atoms with Gasteiger partial charge in [-0.25, -0.2) is 4.79 Å². The van der Waals surface area contributed by atoms with E-state index in [1.54, 1.807) is 12.0 Å². The Morgan fingerprint density at radius 2 is 1.88 bits per heavy atom. The van der Waals surface area contributed by atoms with Crippen LogP contribution >= 0.6 is 0 Å². The molecule has 1 aliphatic heterocycles. The van der Waals surface area contributed by atoms with Crippen LogP contribution < -0.4 is 10.9 Å². The molecule has 0 saturated carbocycles. The van der Waals surface area contributed by atoms with Crippen molar-refractivity contribution in [3.63, 3.8) is 0 Å². The van der Waals surface area contributed by atoms with Gasteiger partial charge in [0.2, 0.25) is 0 Å². The number of rotatable bonds is 3. The molecule has 1 aliphatic rings. The van der Waals surface area contributed by atoms with Gasteiger partial charge in [0.1, 0.15) is 11.4 Å². The average Bonchev–Trinajstić information content (AvgIpc) is 2.52.